The lowest BCUT2D eigenvalue weighted by molar-refractivity contribution is -0.231. The van der Waals surface area contributed by atoms with E-state index in [0.717, 1.165) is 37.1 Å². The molecule has 0 bridgehead atoms. The van der Waals surface area contributed by atoms with Crippen LogP contribution in [-0.2, 0) is 20.8 Å². The number of amides is 1. The topological polar surface area (TPSA) is 105 Å². The molecular weight excluding hydrogens is 523 g/mol. The fraction of sp³-hybridized carbons (Fsp3) is 0.355. The smallest absolute Gasteiger partial charge is 0.230 e. The molecule has 0 saturated carbocycles. The average Bonchev–Trinajstić information content (AvgIpc) is 3.47. The number of nitrogens with zero attached hydrogens (tertiary/aromatic N) is 4. The number of nitrogens with one attached hydrogen (secondary N) is 2. The number of halogens is 1. The Balaban J connectivity index is 1.23. The summed E-state index contributed by atoms with van der Waals surface area (Å²) in [6, 6.07) is 17.7. The van der Waals surface area contributed by atoms with Gasteiger partial charge in [0.15, 0.2) is 5.82 Å². The minimum Gasteiger partial charge on any atom is -0.351 e. The number of hydrogen-bond donors (Lipinski definition) is 2. The summed E-state index contributed by atoms with van der Waals surface area (Å²) in [5.41, 5.74) is 2.82. The summed E-state index contributed by atoms with van der Waals surface area (Å²) in [6.07, 6.45) is 4.38. The second-order valence-electron chi connectivity index (χ2n) is 10.8. The zero-order valence-electron chi connectivity index (χ0n) is 23.0. The number of aromatic nitrogens is 4. The van der Waals surface area contributed by atoms with Crippen LogP contribution in [0.5, 0.6) is 0 Å². The van der Waals surface area contributed by atoms with Gasteiger partial charge in [0.1, 0.15) is 5.82 Å². The molecule has 0 atom stereocenters. The molecule has 41 heavy (non-hydrogen) atoms. The molecule has 212 valence electrons. The van der Waals surface area contributed by atoms with E-state index in [1.54, 1.807) is 18.3 Å². The molecule has 0 unspecified atom stereocenters. The normalized spacial score (nSPS) is 21.0. The van der Waals surface area contributed by atoms with Crippen LogP contribution < -0.4 is 10.2 Å². The molecule has 2 aromatic carbocycles. The molecule has 2 N–H and O–H groups in total. The highest BCUT2D eigenvalue weighted by Crippen LogP contribution is 2.36. The number of hydrogen-bond acceptors (Lipinski definition) is 7. The third-order valence-electron chi connectivity index (χ3n) is 7.55. The summed E-state index contributed by atoms with van der Waals surface area (Å²) in [7, 11) is 0. The van der Waals surface area contributed by atoms with Crippen molar-refractivity contribution in [1.82, 2.24) is 25.3 Å². The van der Waals surface area contributed by atoms with E-state index in [9.17, 15) is 9.18 Å². The zero-order valence-corrected chi connectivity index (χ0v) is 23.0. The molecule has 2 aliphatic rings. The van der Waals surface area contributed by atoms with Crippen LogP contribution in [0, 0.1) is 11.2 Å². The Labute approximate surface area is 238 Å². The maximum atomic E-state index is 13.7. The third kappa shape index (κ3) is 5.98. The number of piperidine rings is 1. The fourth-order valence-electron chi connectivity index (χ4n) is 5.13. The second-order valence-corrected chi connectivity index (χ2v) is 10.8. The van der Waals surface area contributed by atoms with E-state index in [-0.39, 0.29) is 24.9 Å². The third-order valence-corrected chi connectivity index (χ3v) is 7.55. The Morgan fingerprint density at radius 2 is 1.76 bits per heavy atom. The molecule has 9 nitrogen and oxygen atoms in total. The largest absolute Gasteiger partial charge is 0.351 e. The molecule has 2 aliphatic heterocycles. The van der Waals surface area contributed by atoms with E-state index in [2.05, 4.69) is 20.2 Å². The predicted molar refractivity (Wildman–Crippen MR) is 152 cm³/mol. The highest BCUT2D eigenvalue weighted by atomic mass is 19.1. The van der Waals surface area contributed by atoms with Gasteiger partial charge in [0.05, 0.1) is 35.7 Å². The summed E-state index contributed by atoms with van der Waals surface area (Å²) < 4.78 is 25.8. The van der Waals surface area contributed by atoms with Crippen molar-refractivity contribution in [3.63, 3.8) is 0 Å². The Bertz CT molecular complexity index is 1480. The van der Waals surface area contributed by atoms with Crippen LogP contribution in [0.3, 0.4) is 0 Å². The lowest BCUT2D eigenvalue weighted by atomic mass is 9.91. The van der Waals surface area contributed by atoms with E-state index in [0.29, 0.717) is 35.4 Å². The molecule has 10 heteroatoms. The second kappa shape index (κ2) is 11.8. The van der Waals surface area contributed by atoms with Crippen molar-refractivity contribution < 1.29 is 18.7 Å². The average molecular weight is 557 g/mol. The maximum Gasteiger partial charge on any atom is 0.230 e. The van der Waals surface area contributed by atoms with E-state index < -0.39 is 11.7 Å². The van der Waals surface area contributed by atoms with Crippen molar-refractivity contribution in [2.45, 2.75) is 39.0 Å². The zero-order chi connectivity index (χ0) is 28.2. The van der Waals surface area contributed by atoms with Gasteiger partial charge in [0.25, 0.3) is 0 Å². The number of imidazole rings is 1. The van der Waals surface area contributed by atoms with Gasteiger partial charge in [0, 0.05) is 31.4 Å². The molecule has 2 aromatic heterocycles. The first-order valence-corrected chi connectivity index (χ1v) is 14.0. The van der Waals surface area contributed by atoms with Gasteiger partial charge < -0.3 is 24.7 Å². The minimum atomic E-state index is -0.851. The summed E-state index contributed by atoms with van der Waals surface area (Å²) in [6.45, 7) is 4.41. The number of anilines is 1. The minimum absolute atomic E-state index is 0.141. The van der Waals surface area contributed by atoms with Crippen LogP contribution in [0.1, 0.15) is 43.9 Å². The van der Waals surface area contributed by atoms with Gasteiger partial charge >= 0.3 is 0 Å². The van der Waals surface area contributed by atoms with E-state index in [1.165, 1.54) is 18.6 Å². The molecule has 4 aromatic rings. The summed E-state index contributed by atoms with van der Waals surface area (Å²) in [5, 5.41) is 2.99. The van der Waals surface area contributed by atoms with E-state index in [1.807, 2.05) is 43.3 Å². The van der Waals surface area contributed by atoms with Gasteiger partial charge in [0.2, 0.25) is 18.1 Å². The quantitative estimate of drug-likeness (QED) is 0.329. The summed E-state index contributed by atoms with van der Waals surface area (Å²) in [5.74, 6) is 0.650. The molecule has 2 saturated heterocycles. The van der Waals surface area contributed by atoms with E-state index >= 15 is 0 Å². The Morgan fingerprint density at radius 3 is 2.49 bits per heavy atom. The molecular formula is C31H33FN6O3. The monoisotopic (exact) mass is 556 g/mol. The highest BCUT2D eigenvalue weighted by Gasteiger charge is 2.40. The Hall–Kier alpha value is -4.15. The van der Waals surface area contributed by atoms with Crippen LogP contribution in [0.4, 0.5) is 10.3 Å². The first-order chi connectivity index (χ1) is 20.0. The highest BCUT2D eigenvalue weighted by molar-refractivity contribution is 5.82. The SMILES string of the molecule is CC1(C(=O)NCc2ccccc2)COC(c2nc(-c3ccc(F)cc3)c(-c3ccnc(N4CCCCC4)n3)[nH]2)OC1. The first-order valence-electron chi connectivity index (χ1n) is 14.0. The van der Waals surface area contributed by atoms with Crippen molar-refractivity contribution in [1.29, 1.82) is 0 Å². The Morgan fingerprint density at radius 1 is 1.02 bits per heavy atom. The van der Waals surface area contributed by atoms with Crippen LogP contribution in [0.15, 0.2) is 66.9 Å². The van der Waals surface area contributed by atoms with Crippen LogP contribution in [-0.4, -0.2) is 52.1 Å². The van der Waals surface area contributed by atoms with Gasteiger partial charge in [-0.2, -0.15) is 0 Å². The Kier molecular flexibility index (Phi) is 7.76. The number of ether oxygens (including phenoxy) is 2. The lowest BCUT2D eigenvalue weighted by Gasteiger charge is -2.35. The summed E-state index contributed by atoms with van der Waals surface area (Å²) >= 11 is 0. The standard InChI is InChI=1S/C31H33FN6O3/c1-31(29(39)34-18-21-8-4-2-5-9-21)19-40-28(41-20-31)27-36-25(22-10-12-23(32)13-11-22)26(37-27)24-14-15-33-30(35-24)38-16-6-3-7-17-38/h2,4-5,8-15,28H,3,6-7,16-20H2,1H3,(H,34,39)(H,36,37). The first kappa shape index (κ1) is 27.0. The molecule has 1 amide bonds. The van der Waals surface area contributed by atoms with Crippen molar-refractivity contribution in [3.8, 4) is 22.6 Å². The van der Waals surface area contributed by atoms with Crippen molar-refractivity contribution in [2.24, 2.45) is 5.41 Å². The number of carbonyl (C=O) groups excluding carboxylic acids is 1. The summed E-state index contributed by atoms with van der Waals surface area (Å²) in [4.78, 5) is 32.7. The molecule has 0 spiro atoms. The predicted octanol–water partition coefficient (Wildman–Crippen LogP) is 5.03. The number of aromatic amines is 1. The number of H-pyrrole nitrogens is 1. The van der Waals surface area contributed by atoms with Crippen molar-refractivity contribution >= 4 is 11.9 Å². The number of benzene rings is 2. The van der Waals surface area contributed by atoms with Crippen LogP contribution >= 0.6 is 0 Å². The fourth-order valence-corrected chi connectivity index (χ4v) is 5.13. The molecule has 0 radical (unpaired) electrons. The van der Waals surface area contributed by atoms with Gasteiger partial charge in [-0.15, -0.1) is 0 Å². The van der Waals surface area contributed by atoms with Gasteiger partial charge in [-0.05, 0) is 62.1 Å². The van der Waals surface area contributed by atoms with Crippen molar-refractivity contribution in [2.75, 3.05) is 31.2 Å². The van der Waals surface area contributed by atoms with E-state index in [4.69, 9.17) is 19.4 Å². The molecule has 6 rings (SSSR count). The van der Waals surface area contributed by atoms with Gasteiger partial charge in [-0.1, -0.05) is 30.3 Å². The number of rotatable bonds is 7. The van der Waals surface area contributed by atoms with Crippen molar-refractivity contribution in [3.05, 3.63) is 84.1 Å². The van der Waals surface area contributed by atoms with Gasteiger partial charge in [-0.25, -0.2) is 19.3 Å². The molecule has 2 fully saturated rings. The molecule has 4 heterocycles. The van der Waals surface area contributed by atoms with Crippen LogP contribution in [0.2, 0.25) is 0 Å². The van der Waals surface area contributed by atoms with Crippen LogP contribution in [0.25, 0.3) is 22.6 Å². The number of carbonyl (C=O) groups is 1. The lowest BCUT2D eigenvalue weighted by Crippen LogP contribution is -2.48. The molecule has 0 aliphatic carbocycles. The van der Waals surface area contributed by atoms with Gasteiger partial charge in [-0.3, -0.25) is 4.79 Å². The maximum absolute atomic E-state index is 13.7.